The molecule has 2 rings (SSSR count). The smallest absolute Gasteiger partial charge is 0.129 e. The van der Waals surface area contributed by atoms with Gasteiger partial charge in [-0.2, -0.15) is 0 Å². The molecule has 1 aliphatic rings. The fourth-order valence-electron chi connectivity index (χ4n) is 1.91. The van der Waals surface area contributed by atoms with Crippen molar-refractivity contribution >= 4 is 0 Å². The van der Waals surface area contributed by atoms with Crippen LogP contribution in [0.25, 0.3) is 0 Å². The molecular weight excluding hydrogens is 184 g/mol. The highest BCUT2D eigenvalue weighted by Crippen LogP contribution is 2.47. The second kappa shape index (κ2) is 3.72. The number of rotatable bonds is 1. The van der Waals surface area contributed by atoms with E-state index in [0.29, 0.717) is 11.8 Å². The Hall–Kier alpha value is -1.26. The summed E-state index contributed by atoms with van der Waals surface area (Å²) < 4.78 is 0. The van der Waals surface area contributed by atoms with Gasteiger partial charge in [-0.1, -0.05) is 43.9 Å². The van der Waals surface area contributed by atoms with E-state index < -0.39 is 5.60 Å². The van der Waals surface area contributed by atoms with Crippen LogP contribution in [0.3, 0.4) is 0 Å². The largest absolute Gasteiger partial charge is 0.377 e. The normalized spacial score (nSPS) is 28.4. The van der Waals surface area contributed by atoms with Gasteiger partial charge in [0.25, 0.3) is 0 Å². The lowest BCUT2D eigenvalue weighted by Gasteiger charge is -2.04. The van der Waals surface area contributed by atoms with E-state index in [1.165, 1.54) is 0 Å². The predicted octanol–water partition coefficient (Wildman–Crippen LogP) is 2.45. The van der Waals surface area contributed by atoms with Gasteiger partial charge in [0.15, 0.2) is 0 Å². The van der Waals surface area contributed by atoms with Crippen LogP contribution in [0.2, 0.25) is 0 Å². The van der Waals surface area contributed by atoms with Gasteiger partial charge >= 0.3 is 0 Å². The Morgan fingerprint density at radius 1 is 1.33 bits per heavy atom. The molecule has 1 saturated carbocycles. The Bertz CT molecular complexity index is 396. The average molecular weight is 200 g/mol. The van der Waals surface area contributed by atoms with E-state index in [-0.39, 0.29) is 0 Å². The molecular formula is C14H16O. The van der Waals surface area contributed by atoms with Gasteiger partial charge in [0.05, 0.1) is 0 Å². The van der Waals surface area contributed by atoms with Crippen LogP contribution in [0.1, 0.15) is 25.8 Å². The number of hydrogen-bond acceptors (Lipinski definition) is 1. The van der Waals surface area contributed by atoms with Crippen LogP contribution in [-0.2, 0) is 0 Å². The van der Waals surface area contributed by atoms with Crippen LogP contribution < -0.4 is 0 Å². The van der Waals surface area contributed by atoms with E-state index in [9.17, 15) is 5.11 Å². The summed E-state index contributed by atoms with van der Waals surface area (Å²) in [7, 11) is 0. The van der Waals surface area contributed by atoms with Crippen molar-refractivity contribution in [3.63, 3.8) is 0 Å². The van der Waals surface area contributed by atoms with Gasteiger partial charge in [-0.3, -0.25) is 0 Å². The van der Waals surface area contributed by atoms with Crippen LogP contribution in [0.4, 0.5) is 0 Å². The molecule has 0 radical (unpaired) electrons. The Morgan fingerprint density at radius 2 is 2.00 bits per heavy atom. The second-order valence-electron chi connectivity index (χ2n) is 4.59. The standard InChI is InChI=1S/C14H16O/c1-11(2)13-10-14(13,15)9-8-12-6-4-3-5-7-12/h3-7,11,13,15H,10H2,1-2H3/t13-,14-/m1/s1. The van der Waals surface area contributed by atoms with Crippen LogP contribution >= 0.6 is 0 Å². The average Bonchev–Trinajstić information content (AvgIpc) is 2.91. The highest BCUT2D eigenvalue weighted by molar-refractivity contribution is 5.38. The predicted molar refractivity (Wildman–Crippen MR) is 61.2 cm³/mol. The van der Waals surface area contributed by atoms with E-state index >= 15 is 0 Å². The molecule has 0 bridgehead atoms. The number of hydrogen-bond donors (Lipinski definition) is 1. The van der Waals surface area contributed by atoms with Gasteiger partial charge in [0.1, 0.15) is 5.60 Å². The molecule has 1 N–H and O–H groups in total. The number of aliphatic hydroxyl groups is 1. The third-order valence-electron chi connectivity index (χ3n) is 2.99. The first-order chi connectivity index (χ1) is 7.12. The van der Waals surface area contributed by atoms with Gasteiger partial charge in [0.2, 0.25) is 0 Å². The van der Waals surface area contributed by atoms with Gasteiger partial charge < -0.3 is 5.11 Å². The van der Waals surface area contributed by atoms with Crippen LogP contribution in [0, 0.1) is 23.7 Å². The summed E-state index contributed by atoms with van der Waals surface area (Å²) in [4.78, 5) is 0. The Morgan fingerprint density at radius 3 is 2.53 bits per heavy atom. The lowest BCUT2D eigenvalue weighted by atomic mass is 10.1. The van der Waals surface area contributed by atoms with Crippen molar-refractivity contribution in [3.8, 4) is 11.8 Å². The van der Waals surface area contributed by atoms with Crippen molar-refractivity contribution < 1.29 is 5.11 Å². The molecule has 0 aromatic heterocycles. The maximum atomic E-state index is 10.0. The van der Waals surface area contributed by atoms with Crippen LogP contribution in [0.15, 0.2) is 30.3 Å². The minimum atomic E-state index is -0.718. The van der Waals surface area contributed by atoms with Crippen molar-refractivity contribution in [2.24, 2.45) is 11.8 Å². The first kappa shape index (κ1) is 10.3. The van der Waals surface area contributed by atoms with Crippen molar-refractivity contribution in [1.29, 1.82) is 0 Å². The van der Waals surface area contributed by atoms with E-state index in [1.54, 1.807) is 0 Å². The molecule has 1 aliphatic carbocycles. The van der Waals surface area contributed by atoms with Crippen LogP contribution in [0.5, 0.6) is 0 Å². The molecule has 78 valence electrons. The maximum absolute atomic E-state index is 10.0. The molecule has 0 heterocycles. The molecule has 0 amide bonds. The molecule has 0 unspecified atom stereocenters. The van der Waals surface area contributed by atoms with E-state index in [1.807, 2.05) is 30.3 Å². The molecule has 1 aromatic rings. The summed E-state index contributed by atoms with van der Waals surface area (Å²) in [5, 5.41) is 10.0. The fourth-order valence-corrected chi connectivity index (χ4v) is 1.91. The summed E-state index contributed by atoms with van der Waals surface area (Å²) in [6.07, 6.45) is 0.824. The van der Waals surface area contributed by atoms with E-state index in [2.05, 4.69) is 25.7 Å². The van der Waals surface area contributed by atoms with Crippen molar-refractivity contribution in [1.82, 2.24) is 0 Å². The first-order valence-corrected chi connectivity index (χ1v) is 5.42. The summed E-state index contributed by atoms with van der Waals surface area (Å²) in [5.41, 5.74) is 0.254. The molecule has 0 aliphatic heterocycles. The highest BCUT2D eigenvalue weighted by Gasteiger charge is 2.53. The lowest BCUT2D eigenvalue weighted by Crippen LogP contribution is -2.10. The SMILES string of the molecule is CC(C)[C@H]1C[C@]1(O)C#Cc1ccccc1. The summed E-state index contributed by atoms with van der Waals surface area (Å²) in [6.45, 7) is 4.26. The monoisotopic (exact) mass is 200 g/mol. The molecule has 1 aromatic carbocycles. The van der Waals surface area contributed by atoms with E-state index in [0.717, 1.165) is 12.0 Å². The third kappa shape index (κ3) is 2.22. The minimum absolute atomic E-state index is 0.355. The molecule has 0 saturated heterocycles. The Balaban J connectivity index is 2.08. The van der Waals surface area contributed by atoms with Gasteiger partial charge in [-0.25, -0.2) is 0 Å². The molecule has 1 fully saturated rings. The molecule has 1 heteroatoms. The number of benzene rings is 1. The van der Waals surface area contributed by atoms with Crippen molar-refractivity contribution in [2.45, 2.75) is 25.9 Å². The zero-order valence-corrected chi connectivity index (χ0v) is 9.20. The maximum Gasteiger partial charge on any atom is 0.129 e. The van der Waals surface area contributed by atoms with Crippen molar-refractivity contribution in [2.75, 3.05) is 0 Å². The van der Waals surface area contributed by atoms with Gasteiger partial charge in [-0.15, -0.1) is 0 Å². The third-order valence-corrected chi connectivity index (χ3v) is 2.99. The zero-order chi connectivity index (χ0) is 10.9. The Kier molecular flexibility index (Phi) is 2.54. The Labute approximate surface area is 91.1 Å². The summed E-state index contributed by atoms with van der Waals surface area (Å²) in [6, 6.07) is 9.81. The highest BCUT2D eigenvalue weighted by atomic mass is 16.3. The molecule has 15 heavy (non-hydrogen) atoms. The second-order valence-corrected chi connectivity index (χ2v) is 4.59. The fraction of sp³-hybridized carbons (Fsp3) is 0.429. The van der Waals surface area contributed by atoms with Crippen molar-refractivity contribution in [3.05, 3.63) is 35.9 Å². The molecule has 0 spiro atoms. The van der Waals surface area contributed by atoms with Crippen LogP contribution in [-0.4, -0.2) is 10.7 Å². The topological polar surface area (TPSA) is 20.2 Å². The van der Waals surface area contributed by atoms with Gasteiger partial charge in [0, 0.05) is 11.5 Å². The summed E-state index contributed by atoms with van der Waals surface area (Å²) >= 11 is 0. The quantitative estimate of drug-likeness (QED) is 0.690. The van der Waals surface area contributed by atoms with Gasteiger partial charge in [-0.05, 0) is 24.5 Å². The zero-order valence-electron chi connectivity index (χ0n) is 9.20. The minimum Gasteiger partial charge on any atom is -0.377 e. The first-order valence-electron chi connectivity index (χ1n) is 5.42. The lowest BCUT2D eigenvalue weighted by molar-refractivity contribution is 0.180. The molecule has 2 atom stereocenters. The molecule has 1 nitrogen and oxygen atoms in total. The van der Waals surface area contributed by atoms with E-state index in [4.69, 9.17) is 0 Å². The summed E-state index contributed by atoms with van der Waals surface area (Å²) in [5.74, 6) is 6.89.